The molecule has 1 heterocycles. The maximum absolute atomic E-state index is 6.04. The molecule has 90 valence electrons. The van der Waals surface area contributed by atoms with Crippen LogP contribution in [0.5, 0.6) is 0 Å². The lowest BCUT2D eigenvalue weighted by atomic mass is 10.1. The summed E-state index contributed by atoms with van der Waals surface area (Å²) >= 11 is 0. The van der Waals surface area contributed by atoms with Crippen LogP contribution in [0.15, 0.2) is 54.6 Å². The van der Waals surface area contributed by atoms with Gasteiger partial charge < -0.3 is 10.3 Å². The van der Waals surface area contributed by atoms with Crippen molar-refractivity contribution in [2.24, 2.45) is 0 Å². The summed E-state index contributed by atoms with van der Waals surface area (Å²) in [4.78, 5) is 4.40. The maximum atomic E-state index is 6.04. The fraction of sp³-hybridized carbons (Fsp3) is 0.133. The van der Waals surface area contributed by atoms with Crippen molar-refractivity contribution in [2.75, 3.05) is 5.73 Å². The molecule has 2 N–H and O–H groups in total. The summed E-state index contributed by atoms with van der Waals surface area (Å²) < 4.78 is 2.07. The Balaban J connectivity index is 2.17. The molecule has 2 aromatic carbocycles. The van der Waals surface area contributed by atoms with E-state index in [0.717, 1.165) is 11.0 Å². The van der Waals surface area contributed by atoms with E-state index in [9.17, 15) is 0 Å². The van der Waals surface area contributed by atoms with Crippen LogP contribution in [0.3, 0.4) is 0 Å². The van der Waals surface area contributed by atoms with E-state index in [1.54, 1.807) is 0 Å². The van der Waals surface area contributed by atoms with Crippen molar-refractivity contribution in [3.63, 3.8) is 0 Å². The van der Waals surface area contributed by atoms with Crippen molar-refractivity contribution in [1.29, 1.82) is 0 Å². The number of nitrogen functional groups attached to an aromatic ring is 1. The van der Waals surface area contributed by atoms with Gasteiger partial charge in [-0.3, -0.25) is 0 Å². The maximum Gasteiger partial charge on any atom is 0.201 e. The predicted molar refractivity (Wildman–Crippen MR) is 74.4 cm³/mol. The number of hydrogen-bond donors (Lipinski definition) is 1. The second-order valence-corrected chi connectivity index (χ2v) is 4.42. The van der Waals surface area contributed by atoms with Gasteiger partial charge in [0.2, 0.25) is 5.95 Å². The molecule has 0 radical (unpaired) electrons. The van der Waals surface area contributed by atoms with Gasteiger partial charge in [0.25, 0.3) is 0 Å². The lowest BCUT2D eigenvalue weighted by Crippen LogP contribution is -2.09. The largest absolute Gasteiger partial charge is 0.369 e. The van der Waals surface area contributed by atoms with Crippen LogP contribution in [0.4, 0.5) is 5.95 Å². The Labute approximate surface area is 106 Å². The molecular weight excluding hydrogens is 222 g/mol. The summed E-state index contributed by atoms with van der Waals surface area (Å²) in [5, 5.41) is 0. The number of para-hydroxylation sites is 2. The van der Waals surface area contributed by atoms with E-state index in [1.807, 2.05) is 36.4 Å². The molecule has 0 fully saturated rings. The second kappa shape index (κ2) is 4.18. The summed E-state index contributed by atoms with van der Waals surface area (Å²) in [6.07, 6.45) is 0. The normalized spacial score (nSPS) is 12.7. The summed E-state index contributed by atoms with van der Waals surface area (Å²) in [7, 11) is 0. The SMILES string of the molecule is C[C@@H](c1ccccc1)n1c(N)nc2ccccc21. The van der Waals surface area contributed by atoms with Crippen LogP contribution in [0, 0.1) is 0 Å². The Morgan fingerprint density at radius 3 is 2.44 bits per heavy atom. The quantitative estimate of drug-likeness (QED) is 0.743. The molecule has 3 rings (SSSR count). The molecule has 0 unspecified atom stereocenters. The van der Waals surface area contributed by atoms with Gasteiger partial charge in [-0.25, -0.2) is 4.98 Å². The molecule has 3 aromatic rings. The smallest absolute Gasteiger partial charge is 0.201 e. The van der Waals surface area contributed by atoms with E-state index in [0.29, 0.717) is 5.95 Å². The Kier molecular flexibility index (Phi) is 2.52. The Morgan fingerprint density at radius 2 is 1.67 bits per heavy atom. The van der Waals surface area contributed by atoms with Gasteiger partial charge in [0.05, 0.1) is 17.1 Å². The highest BCUT2D eigenvalue weighted by Gasteiger charge is 2.14. The van der Waals surface area contributed by atoms with Crippen molar-refractivity contribution >= 4 is 17.0 Å². The highest BCUT2D eigenvalue weighted by Crippen LogP contribution is 2.26. The Bertz CT molecular complexity index is 671. The van der Waals surface area contributed by atoms with Crippen molar-refractivity contribution in [2.45, 2.75) is 13.0 Å². The summed E-state index contributed by atoms with van der Waals surface area (Å²) in [6.45, 7) is 2.14. The third kappa shape index (κ3) is 1.64. The van der Waals surface area contributed by atoms with E-state index in [2.05, 4.69) is 34.7 Å². The van der Waals surface area contributed by atoms with Crippen LogP contribution < -0.4 is 5.73 Å². The number of imidazole rings is 1. The van der Waals surface area contributed by atoms with E-state index in [4.69, 9.17) is 5.73 Å². The lowest BCUT2D eigenvalue weighted by molar-refractivity contribution is 0.668. The van der Waals surface area contributed by atoms with E-state index in [-0.39, 0.29) is 6.04 Å². The van der Waals surface area contributed by atoms with Gasteiger partial charge in [0.1, 0.15) is 0 Å². The number of nitrogens with zero attached hydrogens (tertiary/aromatic N) is 2. The average Bonchev–Trinajstić information content (AvgIpc) is 2.75. The molecule has 0 aliphatic carbocycles. The van der Waals surface area contributed by atoms with Gasteiger partial charge in [-0.05, 0) is 24.6 Å². The lowest BCUT2D eigenvalue weighted by Gasteiger charge is -2.16. The first-order valence-corrected chi connectivity index (χ1v) is 6.05. The number of hydrogen-bond acceptors (Lipinski definition) is 2. The molecule has 0 spiro atoms. The molecular formula is C15H15N3. The van der Waals surface area contributed by atoms with Crippen LogP contribution >= 0.6 is 0 Å². The molecule has 0 aliphatic rings. The number of nitrogens with two attached hydrogens (primary N) is 1. The fourth-order valence-electron chi connectivity index (χ4n) is 2.35. The summed E-state index contributed by atoms with van der Waals surface area (Å²) in [6, 6.07) is 18.5. The van der Waals surface area contributed by atoms with Gasteiger partial charge in [-0.1, -0.05) is 42.5 Å². The van der Waals surface area contributed by atoms with Crippen molar-refractivity contribution in [1.82, 2.24) is 9.55 Å². The molecule has 0 amide bonds. The molecule has 1 aromatic heterocycles. The first kappa shape index (κ1) is 10.8. The molecule has 0 bridgehead atoms. The van der Waals surface area contributed by atoms with Crippen molar-refractivity contribution < 1.29 is 0 Å². The minimum absolute atomic E-state index is 0.179. The monoisotopic (exact) mass is 237 g/mol. The van der Waals surface area contributed by atoms with Gasteiger partial charge >= 0.3 is 0 Å². The zero-order chi connectivity index (χ0) is 12.5. The van der Waals surface area contributed by atoms with Crippen LogP contribution in [0.25, 0.3) is 11.0 Å². The zero-order valence-electron chi connectivity index (χ0n) is 10.2. The molecule has 1 atom stereocenters. The van der Waals surface area contributed by atoms with E-state index in [1.165, 1.54) is 5.56 Å². The summed E-state index contributed by atoms with van der Waals surface area (Å²) in [5.74, 6) is 0.563. The molecule has 3 nitrogen and oxygen atoms in total. The Morgan fingerprint density at radius 1 is 1.00 bits per heavy atom. The van der Waals surface area contributed by atoms with Crippen LogP contribution in [0.1, 0.15) is 18.5 Å². The third-order valence-electron chi connectivity index (χ3n) is 3.29. The summed E-state index contributed by atoms with van der Waals surface area (Å²) in [5.41, 5.74) is 9.29. The highest BCUT2D eigenvalue weighted by atomic mass is 15.2. The zero-order valence-corrected chi connectivity index (χ0v) is 10.2. The number of rotatable bonds is 2. The number of benzene rings is 2. The predicted octanol–water partition coefficient (Wildman–Crippen LogP) is 3.23. The fourth-order valence-corrected chi connectivity index (χ4v) is 2.35. The molecule has 0 saturated carbocycles. The van der Waals surface area contributed by atoms with Gasteiger partial charge in [0.15, 0.2) is 0 Å². The molecule has 3 heteroatoms. The number of fused-ring (bicyclic) bond motifs is 1. The van der Waals surface area contributed by atoms with Crippen LogP contribution in [-0.4, -0.2) is 9.55 Å². The third-order valence-corrected chi connectivity index (χ3v) is 3.29. The molecule has 18 heavy (non-hydrogen) atoms. The van der Waals surface area contributed by atoms with Crippen molar-refractivity contribution in [3.05, 3.63) is 60.2 Å². The van der Waals surface area contributed by atoms with Gasteiger partial charge in [0, 0.05) is 0 Å². The Hall–Kier alpha value is -2.29. The average molecular weight is 237 g/mol. The second-order valence-electron chi connectivity index (χ2n) is 4.42. The number of aromatic nitrogens is 2. The highest BCUT2D eigenvalue weighted by molar-refractivity contribution is 5.78. The van der Waals surface area contributed by atoms with E-state index < -0.39 is 0 Å². The standard InChI is InChI=1S/C15H15N3/c1-11(12-7-3-2-4-8-12)18-14-10-6-5-9-13(14)17-15(18)16/h2-11H,1H3,(H2,16,17)/t11-/m0/s1. The van der Waals surface area contributed by atoms with E-state index >= 15 is 0 Å². The minimum atomic E-state index is 0.179. The van der Waals surface area contributed by atoms with Gasteiger partial charge in [-0.15, -0.1) is 0 Å². The number of anilines is 1. The first-order valence-electron chi connectivity index (χ1n) is 6.05. The topological polar surface area (TPSA) is 43.8 Å². The van der Waals surface area contributed by atoms with Crippen LogP contribution in [0.2, 0.25) is 0 Å². The first-order chi connectivity index (χ1) is 8.77. The van der Waals surface area contributed by atoms with Crippen molar-refractivity contribution in [3.8, 4) is 0 Å². The molecule has 0 aliphatic heterocycles. The molecule has 0 saturated heterocycles. The van der Waals surface area contributed by atoms with Crippen LogP contribution in [-0.2, 0) is 0 Å². The minimum Gasteiger partial charge on any atom is -0.369 e. The van der Waals surface area contributed by atoms with Gasteiger partial charge in [-0.2, -0.15) is 0 Å².